The Bertz CT molecular complexity index is 272. The van der Waals surface area contributed by atoms with Crippen LogP contribution in [0.3, 0.4) is 0 Å². The molecule has 0 amide bonds. The van der Waals surface area contributed by atoms with Crippen molar-refractivity contribution in [3.8, 4) is 0 Å². The second kappa shape index (κ2) is 3.76. The van der Waals surface area contributed by atoms with Crippen LogP contribution >= 0.6 is 11.3 Å². The monoisotopic (exact) mass is 199 g/mol. The molecule has 0 saturated heterocycles. The molecular weight excluding hydrogens is 185 g/mol. The van der Waals surface area contributed by atoms with Crippen molar-refractivity contribution in [3.05, 3.63) is 21.4 Å². The van der Waals surface area contributed by atoms with E-state index in [0.717, 1.165) is 17.7 Å². The van der Waals surface area contributed by atoms with Gasteiger partial charge in [0.1, 0.15) is 6.17 Å². The Kier molecular flexibility index (Phi) is 2.65. The third-order valence-corrected chi connectivity index (χ3v) is 3.85. The van der Waals surface area contributed by atoms with Crippen LogP contribution in [0.25, 0.3) is 0 Å². The zero-order valence-electron chi connectivity index (χ0n) is 7.55. The van der Waals surface area contributed by atoms with Crippen molar-refractivity contribution >= 4 is 11.3 Å². The minimum atomic E-state index is -0.949. The lowest BCUT2D eigenvalue weighted by atomic mass is 9.99. The summed E-state index contributed by atoms with van der Waals surface area (Å²) in [6.07, 6.45) is 3.82. The molecule has 1 atom stereocenters. The summed E-state index contributed by atoms with van der Waals surface area (Å²) in [5.74, 6) is 0. The van der Waals surface area contributed by atoms with Gasteiger partial charge in [-0.25, -0.2) is 4.39 Å². The van der Waals surface area contributed by atoms with Gasteiger partial charge in [0.05, 0.1) is 0 Å². The predicted molar refractivity (Wildman–Crippen MR) is 53.9 cm³/mol. The summed E-state index contributed by atoms with van der Waals surface area (Å²) in [5, 5.41) is 0. The van der Waals surface area contributed by atoms with Crippen LogP contribution in [-0.4, -0.2) is 6.54 Å². The molecule has 1 aliphatic carbocycles. The van der Waals surface area contributed by atoms with E-state index in [2.05, 4.69) is 0 Å². The highest BCUT2D eigenvalue weighted by Crippen LogP contribution is 2.33. The van der Waals surface area contributed by atoms with E-state index in [-0.39, 0.29) is 6.54 Å². The van der Waals surface area contributed by atoms with E-state index in [1.54, 1.807) is 11.3 Å². The Hall–Kier alpha value is -0.410. The number of fused-ring (bicyclic) bond motifs is 1. The van der Waals surface area contributed by atoms with E-state index in [1.807, 2.05) is 6.07 Å². The molecule has 0 saturated carbocycles. The smallest absolute Gasteiger partial charge is 0.146 e. The lowest BCUT2D eigenvalue weighted by Gasteiger charge is -2.08. The third kappa shape index (κ3) is 1.76. The average Bonchev–Trinajstić information content (AvgIpc) is 2.59. The maximum absolute atomic E-state index is 13.2. The van der Waals surface area contributed by atoms with E-state index in [9.17, 15) is 4.39 Å². The number of rotatable bonds is 2. The summed E-state index contributed by atoms with van der Waals surface area (Å²) in [6.45, 7) is 0.111. The fraction of sp³-hybridized carbons (Fsp3) is 0.600. The Labute approximate surface area is 81.8 Å². The van der Waals surface area contributed by atoms with Crippen molar-refractivity contribution < 1.29 is 4.39 Å². The molecule has 0 fully saturated rings. The van der Waals surface area contributed by atoms with E-state index >= 15 is 0 Å². The summed E-state index contributed by atoms with van der Waals surface area (Å²) in [4.78, 5) is 2.21. The summed E-state index contributed by atoms with van der Waals surface area (Å²) >= 11 is 1.61. The Morgan fingerprint density at radius 1 is 1.46 bits per heavy atom. The van der Waals surface area contributed by atoms with Crippen LogP contribution in [0.5, 0.6) is 0 Å². The van der Waals surface area contributed by atoms with Gasteiger partial charge in [0.25, 0.3) is 0 Å². The third-order valence-electron chi connectivity index (χ3n) is 2.53. The van der Waals surface area contributed by atoms with Crippen molar-refractivity contribution in [3.63, 3.8) is 0 Å². The van der Waals surface area contributed by atoms with Gasteiger partial charge in [0.15, 0.2) is 0 Å². The highest BCUT2D eigenvalue weighted by molar-refractivity contribution is 7.12. The number of alkyl halides is 1. The standard InChI is InChI=1S/C10H14FNS/c11-8(6-12)10-5-7-3-1-2-4-9(7)13-10/h5,8H,1-4,6,12H2. The topological polar surface area (TPSA) is 26.0 Å². The highest BCUT2D eigenvalue weighted by Gasteiger charge is 2.17. The van der Waals surface area contributed by atoms with Crippen molar-refractivity contribution in [2.75, 3.05) is 6.54 Å². The first-order chi connectivity index (χ1) is 6.31. The number of halogens is 1. The lowest BCUT2D eigenvalue weighted by Crippen LogP contribution is -2.05. The van der Waals surface area contributed by atoms with Gasteiger partial charge in [0.2, 0.25) is 0 Å². The predicted octanol–water partition coefficient (Wildman–Crippen LogP) is 2.60. The molecule has 0 spiro atoms. The van der Waals surface area contributed by atoms with Crippen molar-refractivity contribution in [2.24, 2.45) is 5.73 Å². The van der Waals surface area contributed by atoms with E-state index < -0.39 is 6.17 Å². The molecule has 1 heterocycles. The molecule has 13 heavy (non-hydrogen) atoms. The minimum absolute atomic E-state index is 0.111. The van der Waals surface area contributed by atoms with Crippen LogP contribution in [0.4, 0.5) is 4.39 Å². The van der Waals surface area contributed by atoms with E-state index in [0.29, 0.717) is 0 Å². The fourth-order valence-electron chi connectivity index (χ4n) is 1.78. The number of aryl methyl sites for hydroxylation is 2. The van der Waals surface area contributed by atoms with Crippen molar-refractivity contribution in [1.82, 2.24) is 0 Å². The van der Waals surface area contributed by atoms with Crippen LogP contribution in [-0.2, 0) is 12.8 Å². The van der Waals surface area contributed by atoms with Gasteiger partial charge in [-0.1, -0.05) is 0 Å². The molecule has 3 heteroatoms. The lowest BCUT2D eigenvalue weighted by molar-refractivity contribution is 0.358. The van der Waals surface area contributed by atoms with Crippen LogP contribution in [0.2, 0.25) is 0 Å². The SMILES string of the molecule is NCC(F)c1cc2c(s1)CCCC2. The van der Waals surface area contributed by atoms with Gasteiger partial charge < -0.3 is 5.73 Å². The Morgan fingerprint density at radius 2 is 2.23 bits per heavy atom. The van der Waals surface area contributed by atoms with Gasteiger partial charge in [-0.2, -0.15) is 0 Å². The van der Waals surface area contributed by atoms with Crippen molar-refractivity contribution in [1.29, 1.82) is 0 Å². The number of hydrogen-bond donors (Lipinski definition) is 1. The molecule has 0 aliphatic heterocycles. The maximum atomic E-state index is 13.2. The summed E-state index contributed by atoms with van der Waals surface area (Å²) < 4.78 is 13.2. The Morgan fingerprint density at radius 3 is 2.92 bits per heavy atom. The molecule has 2 rings (SSSR count). The van der Waals surface area contributed by atoms with Gasteiger partial charge in [-0.3, -0.25) is 0 Å². The number of hydrogen-bond acceptors (Lipinski definition) is 2. The first kappa shape index (κ1) is 9.16. The van der Waals surface area contributed by atoms with Gasteiger partial charge in [0, 0.05) is 16.3 Å². The fourth-order valence-corrected chi connectivity index (χ4v) is 3.03. The summed E-state index contributed by atoms with van der Waals surface area (Å²) in [6, 6.07) is 2.01. The molecule has 1 unspecified atom stereocenters. The van der Waals surface area contributed by atoms with Crippen LogP contribution in [0, 0.1) is 0 Å². The number of nitrogens with two attached hydrogens (primary N) is 1. The van der Waals surface area contributed by atoms with Crippen LogP contribution in [0.15, 0.2) is 6.07 Å². The number of thiophene rings is 1. The van der Waals surface area contributed by atoms with E-state index in [1.165, 1.54) is 23.3 Å². The second-order valence-corrected chi connectivity index (χ2v) is 4.68. The zero-order valence-corrected chi connectivity index (χ0v) is 8.37. The van der Waals surface area contributed by atoms with E-state index in [4.69, 9.17) is 5.73 Å². The quantitative estimate of drug-likeness (QED) is 0.778. The molecule has 2 N–H and O–H groups in total. The highest BCUT2D eigenvalue weighted by atomic mass is 32.1. The normalized spacial score (nSPS) is 18.3. The minimum Gasteiger partial charge on any atom is -0.327 e. The molecule has 1 aromatic heterocycles. The Balaban J connectivity index is 2.25. The molecule has 1 aromatic rings. The van der Waals surface area contributed by atoms with Crippen molar-refractivity contribution in [2.45, 2.75) is 31.9 Å². The zero-order chi connectivity index (χ0) is 9.26. The molecule has 1 aliphatic rings. The molecule has 0 aromatic carbocycles. The van der Waals surface area contributed by atoms with Crippen LogP contribution in [0.1, 0.15) is 34.3 Å². The molecule has 0 radical (unpaired) electrons. The molecule has 72 valence electrons. The summed E-state index contributed by atoms with van der Waals surface area (Å²) in [7, 11) is 0. The largest absolute Gasteiger partial charge is 0.327 e. The molecular formula is C10H14FNS. The second-order valence-electron chi connectivity index (χ2n) is 3.51. The van der Waals surface area contributed by atoms with Gasteiger partial charge in [-0.15, -0.1) is 11.3 Å². The first-order valence-corrected chi connectivity index (χ1v) is 5.58. The first-order valence-electron chi connectivity index (χ1n) is 4.77. The van der Waals surface area contributed by atoms with Crippen LogP contribution < -0.4 is 5.73 Å². The average molecular weight is 199 g/mol. The van der Waals surface area contributed by atoms with Gasteiger partial charge >= 0.3 is 0 Å². The molecule has 1 nitrogen and oxygen atoms in total. The van der Waals surface area contributed by atoms with Gasteiger partial charge in [-0.05, 0) is 37.3 Å². The molecule has 0 bridgehead atoms. The maximum Gasteiger partial charge on any atom is 0.146 e. The summed E-state index contributed by atoms with van der Waals surface area (Å²) in [5.41, 5.74) is 6.66.